The third-order valence-corrected chi connectivity index (χ3v) is 3.78. The summed E-state index contributed by atoms with van der Waals surface area (Å²) in [5.74, 6) is 0. The second-order valence-corrected chi connectivity index (χ2v) is 4.91. The van der Waals surface area contributed by atoms with E-state index >= 15 is 0 Å². The van der Waals surface area contributed by atoms with E-state index in [0.29, 0.717) is 0 Å². The maximum atomic E-state index is 10.8. The quantitative estimate of drug-likeness (QED) is 0.519. The monoisotopic (exact) mass is 260 g/mol. The van der Waals surface area contributed by atoms with Gasteiger partial charge in [-0.05, 0) is 30.7 Å². The first-order chi connectivity index (χ1) is 8.59. The number of nitrogens with two attached hydrogens (primary N) is 1. The maximum Gasteiger partial charge on any atom is 0.292 e. The van der Waals surface area contributed by atoms with Crippen molar-refractivity contribution in [3.8, 4) is 0 Å². The first-order valence-corrected chi connectivity index (χ1v) is 6.17. The Hall–Kier alpha value is -2.01. The Labute approximate surface area is 109 Å². The highest BCUT2D eigenvalue weighted by atomic mass is 32.2. The summed E-state index contributed by atoms with van der Waals surface area (Å²) in [6, 6.07) is 13.0. The topological polar surface area (TPSA) is 69.2 Å². The Bertz CT molecular complexity index is 585. The highest BCUT2D eigenvalue weighted by molar-refractivity contribution is 7.99. The molecule has 0 spiro atoms. The second kappa shape index (κ2) is 5.10. The maximum absolute atomic E-state index is 10.8. The van der Waals surface area contributed by atoms with Crippen molar-refractivity contribution < 1.29 is 4.92 Å². The van der Waals surface area contributed by atoms with Crippen molar-refractivity contribution in [2.45, 2.75) is 16.7 Å². The molecule has 0 aliphatic rings. The molecule has 0 aliphatic carbocycles. The number of anilines is 1. The van der Waals surface area contributed by atoms with E-state index in [9.17, 15) is 10.1 Å². The third-order valence-electron chi connectivity index (χ3n) is 2.61. The van der Waals surface area contributed by atoms with E-state index in [-0.39, 0.29) is 11.4 Å². The molecule has 5 heteroatoms. The van der Waals surface area contributed by atoms with Gasteiger partial charge in [-0.15, -0.1) is 0 Å². The minimum atomic E-state index is -0.459. The average Bonchev–Trinajstić information content (AvgIpc) is 2.36. The number of hydrogen-bond donors (Lipinski definition) is 1. The molecule has 0 aliphatic heterocycles. The lowest BCUT2D eigenvalue weighted by Crippen LogP contribution is -1.98. The minimum absolute atomic E-state index is 0.0371. The van der Waals surface area contributed by atoms with Crippen molar-refractivity contribution in [2.75, 3.05) is 5.73 Å². The predicted molar refractivity (Wildman–Crippen MR) is 72.8 cm³/mol. The van der Waals surface area contributed by atoms with Crippen LogP contribution in [0.25, 0.3) is 0 Å². The van der Waals surface area contributed by atoms with Crippen LogP contribution in [0.1, 0.15) is 5.56 Å². The molecule has 0 unspecified atom stereocenters. The van der Waals surface area contributed by atoms with Crippen LogP contribution in [-0.4, -0.2) is 4.92 Å². The number of benzene rings is 2. The molecule has 2 N–H and O–H groups in total. The fourth-order valence-corrected chi connectivity index (χ4v) is 2.53. The van der Waals surface area contributed by atoms with Crippen LogP contribution in [-0.2, 0) is 0 Å². The molecule has 0 aromatic heterocycles. The Kier molecular flexibility index (Phi) is 3.53. The van der Waals surface area contributed by atoms with Crippen LogP contribution >= 0.6 is 11.8 Å². The van der Waals surface area contributed by atoms with E-state index in [1.165, 1.54) is 6.07 Å². The molecule has 2 rings (SSSR count). The summed E-state index contributed by atoms with van der Waals surface area (Å²) in [6.45, 7) is 1.80. The summed E-state index contributed by atoms with van der Waals surface area (Å²) in [7, 11) is 0. The zero-order valence-corrected chi connectivity index (χ0v) is 10.6. The normalized spacial score (nSPS) is 10.3. The van der Waals surface area contributed by atoms with Gasteiger partial charge in [-0.3, -0.25) is 10.1 Å². The number of nitrogens with zero attached hydrogens (tertiary/aromatic N) is 1. The second-order valence-electron chi connectivity index (χ2n) is 3.79. The van der Waals surface area contributed by atoms with Crippen LogP contribution in [0.3, 0.4) is 0 Å². The average molecular weight is 260 g/mol. The minimum Gasteiger partial charge on any atom is -0.393 e. The lowest BCUT2D eigenvalue weighted by atomic mass is 10.2. The summed E-state index contributed by atoms with van der Waals surface area (Å²) >= 11 is 1.55. The number of nitrogen functional groups attached to an aromatic ring is 1. The lowest BCUT2D eigenvalue weighted by molar-refractivity contribution is -0.384. The number of nitro groups is 1. The van der Waals surface area contributed by atoms with E-state index in [2.05, 4.69) is 0 Å². The number of nitro benzene ring substituents is 1. The molecule has 0 radical (unpaired) electrons. The van der Waals surface area contributed by atoms with Gasteiger partial charge in [0.1, 0.15) is 5.69 Å². The molecule has 2 aromatic carbocycles. The molecule has 2 aromatic rings. The van der Waals surface area contributed by atoms with Gasteiger partial charge in [0.15, 0.2) is 0 Å². The summed E-state index contributed by atoms with van der Waals surface area (Å²) in [6.07, 6.45) is 0. The molecule has 0 amide bonds. The van der Waals surface area contributed by atoms with Crippen LogP contribution in [0.5, 0.6) is 0 Å². The zero-order chi connectivity index (χ0) is 13.1. The largest absolute Gasteiger partial charge is 0.393 e. The van der Waals surface area contributed by atoms with E-state index in [1.54, 1.807) is 24.8 Å². The molecule has 18 heavy (non-hydrogen) atoms. The Morgan fingerprint density at radius 2 is 1.83 bits per heavy atom. The zero-order valence-electron chi connectivity index (χ0n) is 9.79. The predicted octanol–water partition coefficient (Wildman–Crippen LogP) is 3.64. The van der Waals surface area contributed by atoms with Crippen LogP contribution in [0.4, 0.5) is 11.4 Å². The van der Waals surface area contributed by atoms with E-state index in [0.717, 1.165) is 15.4 Å². The van der Waals surface area contributed by atoms with Crippen molar-refractivity contribution in [3.05, 3.63) is 58.1 Å². The molecule has 0 atom stereocenters. The van der Waals surface area contributed by atoms with Crippen molar-refractivity contribution in [1.29, 1.82) is 0 Å². The van der Waals surface area contributed by atoms with Crippen LogP contribution in [0.2, 0.25) is 0 Å². The molecule has 4 nitrogen and oxygen atoms in total. The molecule has 0 saturated heterocycles. The highest BCUT2D eigenvalue weighted by Gasteiger charge is 2.15. The van der Waals surface area contributed by atoms with E-state index < -0.39 is 4.92 Å². The van der Waals surface area contributed by atoms with Crippen LogP contribution < -0.4 is 5.73 Å². The lowest BCUT2D eigenvalue weighted by Gasteiger charge is -2.08. The number of rotatable bonds is 3. The third kappa shape index (κ3) is 2.46. The van der Waals surface area contributed by atoms with Gasteiger partial charge >= 0.3 is 0 Å². The van der Waals surface area contributed by atoms with Gasteiger partial charge in [0.25, 0.3) is 5.69 Å². The van der Waals surface area contributed by atoms with Gasteiger partial charge in [0.05, 0.1) is 4.92 Å². The van der Waals surface area contributed by atoms with Crippen LogP contribution in [0, 0.1) is 17.0 Å². The van der Waals surface area contributed by atoms with Crippen molar-refractivity contribution in [1.82, 2.24) is 0 Å². The summed E-state index contributed by atoms with van der Waals surface area (Å²) in [5.41, 5.74) is 6.73. The first kappa shape index (κ1) is 12.4. The van der Waals surface area contributed by atoms with Gasteiger partial charge in [-0.1, -0.05) is 30.0 Å². The van der Waals surface area contributed by atoms with Crippen molar-refractivity contribution in [2.24, 2.45) is 0 Å². The Morgan fingerprint density at radius 3 is 2.44 bits per heavy atom. The van der Waals surface area contributed by atoms with Crippen molar-refractivity contribution in [3.63, 3.8) is 0 Å². The molecule has 0 heterocycles. The fourth-order valence-electron chi connectivity index (χ4n) is 1.58. The first-order valence-electron chi connectivity index (χ1n) is 5.36. The van der Waals surface area contributed by atoms with E-state index in [4.69, 9.17) is 5.73 Å². The molecule has 0 saturated carbocycles. The molecule has 0 bridgehead atoms. The van der Waals surface area contributed by atoms with Gasteiger partial charge in [-0.25, -0.2) is 0 Å². The van der Waals surface area contributed by atoms with Crippen LogP contribution in [0.15, 0.2) is 52.3 Å². The van der Waals surface area contributed by atoms with Gasteiger partial charge < -0.3 is 5.73 Å². The van der Waals surface area contributed by atoms with Gasteiger partial charge in [0.2, 0.25) is 0 Å². The van der Waals surface area contributed by atoms with E-state index in [1.807, 2.05) is 30.3 Å². The summed E-state index contributed by atoms with van der Waals surface area (Å²) < 4.78 is 0. The van der Waals surface area contributed by atoms with Gasteiger partial charge in [-0.2, -0.15) is 0 Å². The summed E-state index contributed by atoms with van der Waals surface area (Å²) in [4.78, 5) is 12.3. The van der Waals surface area contributed by atoms with Gasteiger partial charge in [0, 0.05) is 15.9 Å². The van der Waals surface area contributed by atoms with Crippen molar-refractivity contribution >= 4 is 23.1 Å². The highest BCUT2D eigenvalue weighted by Crippen LogP contribution is 2.36. The Balaban J connectivity index is 2.36. The standard InChI is InChI=1S/C13H12N2O2S/c1-9-12(18-10-5-3-2-4-6-10)8-7-11(13(9)14)15(16)17/h2-8H,14H2,1H3. The Morgan fingerprint density at radius 1 is 1.17 bits per heavy atom. The SMILES string of the molecule is Cc1c(Sc2ccccc2)ccc([N+](=O)[O-])c1N. The summed E-state index contributed by atoms with van der Waals surface area (Å²) in [5, 5.41) is 10.8. The molecule has 92 valence electrons. The molecular weight excluding hydrogens is 248 g/mol. The number of hydrogen-bond acceptors (Lipinski definition) is 4. The smallest absolute Gasteiger partial charge is 0.292 e. The molecular formula is C13H12N2O2S. The fraction of sp³-hybridized carbons (Fsp3) is 0.0769. The molecule has 0 fully saturated rings.